The van der Waals surface area contributed by atoms with E-state index in [4.69, 9.17) is 4.74 Å². The molecular weight excluding hydrogens is 338 g/mol. The summed E-state index contributed by atoms with van der Waals surface area (Å²) in [6, 6.07) is 12.1. The van der Waals surface area contributed by atoms with Gasteiger partial charge in [0.1, 0.15) is 17.4 Å². The van der Waals surface area contributed by atoms with Crippen LogP contribution >= 0.6 is 0 Å². The Kier molecular flexibility index (Phi) is 5.66. The second-order valence-corrected chi connectivity index (χ2v) is 6.98. The van der Waals surface area contributed by atoms with Crippen molar-refractivity contribution in [3.05, 3.63) is 52.9 Å². The van der Waals surface area contributed by atoms with Gasteiger partial charge in [-0.3, -0.25) is 4.79 Å². The van der Waals surface area contributed by atoms with E-state index in [0.29, 0.717) is 0 Å². The highest BCUT2D eigenvalue weighted by Gasteiger charge is 2.20. The van der Waals surface area contributed by atoms with Gasteiger partial charge < -0.3 is 14.6 Å². The van der Waals surface area contributed by atoms with Crippen molar-refractivity contribution in [1.82, 2.24) is 9.88 Å². The van der Waals surface area contributed by atoms with E-state index in [0.717, 1.165) is 54.1 Å². The molecule has 1 aromatic carbocycles. The fourth-order valence-corrected chi connectivity index (χ4v) is 3.70. The molecule has 1 saturated carbocycles. The van der Waals surface area contributed by atoms with Gasteiger partial charge in [-0.15, -0.1) is 0 Å². The van der Waals surface area contributed by atoms with Crippen molar-refractivity contribution in [3.8, 4) is 17.5 Å². The summed E-state index contributed by atoms with van der Waals surface area (Å²) in [6.07, 6.45) is 5.96. The van der Waals surface area contributed by atoms with Crippen LogP contribution in [-0.2, 0) is 4.79 Å². The molecule has 1 N–H and O–H groups in total. The topological polar surface area (TPSA) is 67.0 Å². The van der Waals surface area contributed by atoms with Gasteiger partial charge in [-0.2, -0.15) is 5.26 Å². The zero-order chi connectivity index (χ0) is 19.4. The molecule has 0 aliphatic heterocycles. The van der Waals surface area contributed by atoms with E-state index in [9.17, 15) is 10.1 Å². The number of rotatable bonds is 5. The lowest BCUT2D eigenvalue weighted by molar-refractivity contribution is -0.117. The maximum absolute atomic E-state index is 12.5. The number of methoxy groups -OCH3 is 1. The normalized spacial score (nSPS) is 14.8. The molecule has 0 unspecified atom stereocenters. The zero-order valence-electron chi connectivity index (χ0n) is 16.1. The van der Waals surface area contributed by atoms with E-state index in [1.165, 1.54) is 0 Å². The molecule has 0 bridgehead atoms. The number of aromatic nitrogens is 1. The lowest BCUT2D eigenvalue weighted by atomic mass is 10.1. The summed E-state index contributed by atoms with van der Waals surface area (Å²) in [4.78, 5) is 12.5. The molecule has 5 heteroatoms. The van der Waals surface area contributed by atoms with Crippen LogP contribution in [0.15, 0.2) is 35.9 Å². The molecular formula is C22H25N3O2. The molecule has 0 spiro atoms. The van der Waals surface area contributed by atoms with Crippen LogP contribution in [0.5, 0.6) is 5.75 Å². The first-order chi connectivity index (χ1) is 13.0. The summed E-state index contributed by atoms with van der Waals surface area (Å²) in [5, 5.41) is 12.5. The SMILES string of the molecule is COc1ccc(-n2c(C)cc(/C=C(\C#N)C(=O)NC3CCCC3)c2C)cc1. The highest BCUT2D eigenvalue weighted by Crippen LogP contribution is 2.24. The maximum Gasteiger partial charge on any atom is 0.262 e. The molecule has 27 heavy (non-hydrogen) atoms. The van der Waals surface area contributed by atoms with Crippen LogP contribution in [0, 0.1) is 25.2 Å². The Bertz CT molecular complexity index is 895. The summed E-state index contributed by atoms with van der Waals surface area (Å²) in [7, 11) is 1.64. The number of nitriles is 1. The number of ether oxygens (including phenoxy) is 1. The average molecular weight is 363 g/mol. The van der Waals surface area contributed by atoms with Gasteiger partial charge in [-0.25, -0.2) is 0 Å². The number of amides is 1. The highest BCUT2D eigenvalue weighted by atomic mass is 16.5. The predicted molar refractivity (Wildman–Crippen MR) is 106 cm³/mol. The minimum absolute atomic E-state index is 0.150. The number of hydrogen-bond donors (Lipinski definition) is 1. The Morgan fingerprint density at radius 2 is 1.93 bits per heavy atom. The van der Waals surface area contributed by atoms with E-state index >= 15 is 0 Å². The number of nitrogens with zero attached hydrogens (tertiary/aromatic N) is 2. The van der Waals surface area contributed by atoms with Crippen molar-refractivity contribution in [2.24, 2.45) is 0 Å². The Morgan fingerprint density at radius 3 is 2.52 bits per heavy atom. The molecule has 140 valence electrons. The van der Waals surface area contributed by atoms with Crippen LogP contribution in [0.1, 0.15) is 42.6 Å². The number of carbonyl (C=O) groups is 1. The standard InChI is InChI=1S/C22H25N3O2/c1-15-12-17(13-18(14-23)22(26)24-19-6-4-5-7-19)16(2)25(15)20-8-10-21(27-3)11-9-20/h8-13,19H,4-7H2,1-3H3,(H,24,26)/b18-13+. The molecule has 0 saturated heterocycles. The molecule has 1 aliphatic rings. The lowest BCUT2D eigenvalue weighted by Crippen LogP contribution is -2.33. The predicted octanol–water partition coefficient (Wildman–Crippen LogP) is 4.07. The largest absolute Gasteiger partial charge is 0.497 e. The zero-order valence-corrected chi connectivity index (χ0v) is 16.1. The summed E-state index contributed by atoms with van der Waals surface area (Å²) < 4.78 is 7.33. The van der Waals surface area contributed by atoms with Crippen LogP contribution < -0.4 is 10.1 Å². The van der Waals surface area contributed by atoms with Crippen LogP contribution in [-0.4, -0.2) is 23.6 Å². The first kappa shape index (κ1) is 18.8. The number of carbonyl (C=O) groups excluding carboxylic acids is 1. The fraction of sp³-hybridized carbons (Fsp3) is 0.364. The lowest BCUT2D eigenvalue weighted by Gasteiger charge is -2.11. The van der Waals surface area contributed by atoms with E-state index in [1.807, 2.05) is 44.2 Å². The van der Waals surface area contributed by atoms with Gasteiger partial charge in [0.25, 0.3) is 5.91 Å². The highest BCUT2D eigenvalue weighted by molar-refractivity contribution is 6.02. The first-order valence-corrected chi connectivity index (χ1v) is 9.29. The van der Waals surface area contributed by atoms with Gasteiger partial charge in [0, 0.05) is 23.1 Å². The molecule has 3 rings (SSSR count). The molecule has 0 atom stereocenters. The summed E-state index contributed by atoms with van der Waals surface area (Å²) in [6.45, 7) is 4.01. The van der Waals surface area contributed by atoms with Crippen molar-refractivity contribution in [3.63, 3.8) is 0 Å². The third-order valence-corrected chi connectivity index (χ3v) is 5.16. The minimum Gasteiger partial charge on any atom is -0.497 e. The van der Waals surface area contributed by atoms with Gasteiger partial charge >= 0.3 is 0 Å². The third kappa shape index (κ3) is 4.06. The Hall–Kier alpha value is -3.00. The molecule has 1 amide bonds. The van der Waals surface area contributed by atoms with E-state index in [1.54, 1.807) is 13.2 Å². The molecule has 1 aliphatic carbocycles. The second kappa shape index (κ2) is 8.13. The second-order valence-electron chi connectivity index (χ2n) is 6.98. The molecule has 1 heterocycles. The maximum atomic E-state index is 12.5. The Labute approximate surface area is 160 Å². The van der Waals surface area contributed by atoms with E-state index in [2.05, 4.69) is 16.0 Å². The third-order valence-electron chi connectivity index (χ3n) is 5.16. The van der Waals surface area contributed by atoms with Crippen molar-refractivity contribution >= 4 is 12.0 Å². The summed E-state index contributed by atoms with van der Waals surface area (Å²) in [5.41, 5.74) is 4.06. The van der Waals surface area contributed by atoms with Gasteiger partial charge in [0.15, 0.2) is 0 Å². The average Bonchev–Trinajstić information content (AvgIpc) is 3.27. The molecule has 1 aromatic heterocycles. The minimum atomic E-state index is -0.279. The van der Waals surface area contributed by atoms with Gasteiger partial charge in [0.2, 0.25) is 0 Å². The van der Waals surface area contributed by atoms with Crippen molar-refractivity contribution in [2.45, 2.75) is 45.6 Å². The van der Waals surface area contributed by atoms with Crippen molar-refractivity contribution in [2.75, 3.05) is 7.11 Å². The van der Waals surface area contributed by atoms with Crippen LogP contribution in [0.4, 0.5) is 0 Å². The van der Waals surface area contributed by atoms with Gasteiger partial charge in [-0.1, -0.05) is 12.8 Å². The summed E-state index contributed by atoms with van der Waals surface area (Å²) >= 11 is 0. The van der Waals surface area contributed by atoms with Gasteiger partial charge in [-0.05, 0) is 68.7 Å². The number of hydrogen-bond acceptors (Lipinski definition) is 3. The van der Waals surface area contributed by atoms with Crippen LogP contribution in [0.25, 0.3) is 11.8 Å². The molecule has 2 aromatic rings. The van der Waals surface area contributed by atoms with Crippen molar-refractivity contribution in [1.29, 1.82) is 5.26 Å². The van der Waals surface area contributed by atoms with E-state index in [-0.39, 0.29) is 17.5 Å². The fourth-order valence-electron chi connectivity index (χ4n) is 3.70. The van der Waals surface area contributed by atoms with Crippen LogP contribution in [0.3, 0.4) is 0 Å². The molecule has 1 fully saturated rings. The number of benzene rings is 1. The number of aryl methyl sites for hydroxylation is 1. The van der Waals surface area contributed by atoms with Crippen LogP contribution in [0.2, 0.25) is 0 Å². The van der Waals surface area contributed by atoms with Gasteiger partial charge in [0.05, 0.1) is 7.11 Å². The molecule has 0 radical (unpaired) electrons. The Balaban J connectivity index is 1.88. The quantitative estimate of drug-likeness (QED) is 0.643. The summed E-state index contributed by atoms with van der Waals surface area (Å²) in [5.74, 6) is 0.523. The molecule has 5 nitrogen and oxygen atoms in total. The smallest absolute Gasteiger partial charge is 0.262 e. The Morgan fingerprint density at radius 1 is 1.26 bits per heavy atom. The first-order valence-electron chi connectivity index (χ1n) is 9.29. The van der Waals surface area contributed by atoms with E-state index < -0.39 is 0 Å². The number of nitrogens with one attached hydrogen (secondary N) is 1. The van der Waals surface area contributed by atoms with Crippen molar-refractivity contribution < 1.29 is 9.53 Å². The monoisotopic (exact) mass is 363 g/mol.